The first-order valence-corrected chi connectivity index (χ1v) is 12.0. The number of imidazole rings is 1. The zero-order chi connectivity index (χ0) is 23.5. The Labute approximate surface area is 200 Å². The van der Waals surface area contributed by atoms with Crippen molar-refractivity contribution in [1.29, 1.82) is 0 Å². The summed E-state index contributed by atoms with van der Waals surface area (Å²) in [5.41, 5.74) is 2.03. The molecule has 2 aliphatic rings. The van der Waals surface area contributed by atoms with Crippen LogP contribution in [0.15, 0.2) is 60.9 Å². The van der Waals surface area contributed by atoms with Crippen LogP contribution in [0.2, 0.25) is 0 Å². The van der Waals surface area contributed by atoms with Crippen LogP contribution in [-0.2, 0) is 17.8 Å². The topological polar surface area (TPSA) is 59.8 Å². The number of piperazine rings is 1. The summed E-state index contributed by atoms with van der Waals surface area (Å²) < 4.78 is 14.1. The summed E-state index contributed by atoms with van der Waals surface area (Å²) in [6.45, 7) is 9.12. The summed E-state index contributed by atoms with van der Waals surface area (Å²) in [7, 11) is 0. The molecule has 34 heavy (non-hydrogen) atoms. The van der Waals surface area contributed by atoms with Gasteiger partial charge in [-0.25, -0.2) is 4.98 Å². The largest absolute Gasteiger partial charge is 0.483 e. The first-order valence-electron chi connectivity index (χ1n) is 12.0. The summed E-state index contributed by atoms with van der Waals surface area (Å²) >= 11 is 0. The molecule has 0 unspecified atom stereocenters. The van der Waals surface area contributed by atoms with Gasteiger partial charge in [-0.3, -0.25) is 9.69 Å². The lowest BCUT2D eigenvalue weighted by atomic mass is 10.0. The van der Waals surface area contributed by atoms with E-state index in [9.17, 15) is 4.79 Å². The number of amides is 1. The molecular formula is C27H32N4O3. The maximum Gasteiger partial charge on any atom is 0.260 e. The first kappa shape index (κ1) is 22.5. The summed E-state index contributed by atoms with van der Waals surface area (Å²) in [5.74, 6) is 2.45. The maximum absolute atomic E-state index is 12.8. The number of benzene rings is 2. The van der Waals surface area contributed by atoms with Gasteiger partial charge < -0.3 is 18.9 Å². The Kier molecular flexibility index (Phi) is 6.28. The highest BCUT2D eigenvalue weighted by Crippen LogP contribution is 2.41. The normalized spacial score (nSPS) is 17.3. The van der Waals surface area contributed by atoms with E-state index in [0.717, 1.165) is 55.3 Å². The molecule has 3 heterocycles. The first-order chi connectivity index (χ1) is 16.5. The highest BCUT2D eigenvalue weighted by atomic mass is 16.5. The lowest BCUT2D eigenvalue weighted by Crippen LogP contribution is -2.50. The number of nitrogens with zero attached hydrogens (tertiary/aromatic N) is 4. The summed E-state index contributed by atoms with van der Waals surface area (Å²) in [4.78, 5) is 21.6. The molecule has 1 amide bonds. The van der Waals surface area contributed by atoms with Crippen LogP contribution in [0.3, 0.4) is 0 Å². The molecule has 0 saturated carbocycles. The van der Waals surface area contributed by atoms with Crippen molar-refractivity contribution in [3.8, 4) is 22.9 Å². The number of hydrogen-bond acceptors (Lipinski definition) is 5. The SMILES string of the molecule is CC1(C)Cc2cccc(OCC(=O)N3CCN(CCn4ccnc4-c4ccccc4)CC3)c2O1. The van der Waals surface area contributed by atoms with Crippen LogP contribution in [0.25, 0.3) is 11.4 Å². The van der Waals surface area contributed by atoms with E-state index < -0.39 is 0 Å². The van der Waals surface area contributed by atoms with E-state index in [1.165, 1.54) is 0 Å². The lowest BCUT2D eigenvalue weighted by molar-refractivity contribution is -0.135. The molecule has 0 N–H and O–H groups in total. The van der Waals surface area contributed by atoms with E-state index in [1.54, 1.807) is 0 Å². The average Bonchev–Trinajstić information content (AvgIpc) is 3.45. The molecule has 0 bridgehead atoms. The Hall–Kier alpha value is -3.32. The van der Waals surface area contributed by atoms with Crippen LogP contribution in [-0.4, -0.2) is 70.2 Å². The molecule has 0 radical (unpaired) electrons. The number of carbonyl (C=O) groups excluding carboxylic acids is 1. The van der Waals surface area contributed by atoms with Gasteiger partial charge >= 0.3 is 0 Å². The number of fused-ring (bicyclic) bond motifs is 1. The fraction of sp³-hybridized carbons (Fsp3) is 0.407. The van der Waals surface area contributed by atoms with Crippen molar-refractivity contribution in [2.24, 2.45) is 0 Å². The highest BCUT2D eigenvalue weighted by molar-refractivity contribution is 5.78. The smallest absolute Gasteiger partial charge is 0.260 e. The number of ether oxygens (including phenoxy) is 2. The molecule has 7 heteroatoms. The molecule has 0 spiro atoms. The Morgan fingerprint density at radius 2 is 1.82 bits per heavy atom. The third kappa shape index (κ3) is 4.94. The van der Waals surface area contributed by atoms with Crippen LogP contribution >= 0.6 is 0 Å². The third-order valence-electron chi connectivity index (χ3n) is 6.54. The second-order valence-electron chi connectivity index (χ2n) is 9.60. The van der Waals surface area contributed by atoms with Gasteiger partial charge in [0.15, 0.2) is 18.1 Å². The predicted molar refractivity (Wildman–Crippen MR) is 131 cm³/mol. The molecule has 0 atom stereocenters. The third-order valence-corrected chi connectivity index (χ3v) is 6.54. The zero-order valence-corrected chi connectivity index (χ0v) is 19.9. The van der Waals surface area contributed by atoms with Crippen LogP contribution < -0.4 is 9.47 Å². The number of carbonyl (C=O) groups is 1. The minimum atomic E-state index is -0.235. The van der Waals surface area contributed by atoms with Gasteiger partial charge in [0.2, 0.25) is 0 Å². The summed E-state index contributed by atoms with van der Waals surface area (Å²) in [6.07, 6.45) is 4.74. The van der Waals surface area contributed by atoms with Crippen molar-refractivity contribution in [2.75, 3.05) is 39.3 Å². The standard InChI is InChI=1S/C27H32N4O3/c1-27(2)19-22-9-6-10-23(25(22)34-27)33-20-24(32)30-16-13-29(14-17-30)15-18-31-12-11-28-26(31)21-7-4-3-5-8-21/h3-12H,13-20H2,1-2H3. The van der Waals surface area contributed by atoms with Gasteiger partial charge in [0.25, 0.3) is 5.91 Å². The number of aromatic nitrogens is 2. The van der Waals surface area contributed by atoms with E-state index in [-0.39, 0.29) is 18.1 Å². The van der Waals surface area contributed by atoms with Crippen LogP contribution in [0.4, 0.5) is 0 Å². The fourth-order valence-electron chi connectivity index (χ4n) is 4.74. The number of para-hydroxylation sites is 1. The van der Waals surface area contributed by atoms with Crippen molar-refractivity contribution in [3.05, 3.63) is 66.5 Å². The van der Waals surface area contributed by atoms with Gasteiger partial charge in [-0.2, -0.15) is 0 Å². The van der Waals surface area contributed by atoms with Crippen molar-refractivity contribution in [3.63, 3.8) is 0 Å². The fourth-order valence-corrected chi connectivity index (χ4v) is 4.74. The highest BCUT2D eigenvalue weighted by Gasteiger charge is 2.32. The van der Waals surface area contributed by atoms with Crippen molar-refractivity contribution < 1.29 is 14.3 Å². The Balaban J connectivity index is 1.09. The lowest BCUT2D eigenvalue weighted by Gasteiger charge is -2.34. The molecule has 0 aliphatic carbocycles. The van der Waals surface area contributed by atoms with E-state index >= 15 is 0 Å². The predicted octanol–water partition coefficient (Wildman–Crippen LogP) is 3.49. The van der Waals surface area contributed by atoms with Crippen LogP contribution in [0, 0.1) is 0 Å². The quantitative estimate of drug-likeness (QED) is 0.540. The Bertz CT molecular complexity index is 1130. The Morgan fingerprint density at radius 1 is 1.03 bits per heavy atom. The molecule has 3 aromatic rings. The average molecular weight is 461 g/mol. The monoisotopic (exact) mass is 460 g/mol. The maximum atomic E-state index is 12.8. The van der Waals surface area contributed by atoms with E-state index in [2.05, 4.69) is 46.5 Å². The molecule has 2 aromatic carbocycles. The molecule has 2 aliphatic heterocycles. The van der Waals surface area contributed by atoms with Gasteiger partial charge in [-0.1, -0.05) is 42.5 Å². The molecule has 178 valence electrons. The van der Waals surface area contributed by atoms with Gasteiger partial charge in [0.05, 0.1) is 0 Å². The molecule has 1 fully saturated rings. The second-order valence-corrected chi connectivity index (χ2v) is 9.60. The van der Waals surface area contributed by atoms with E-state index in [0.29, 0.717) is 18.8 Å². The molecule has 1 saturated heterocycles. The van der Waals surface area contributed by atoms with Gasteiger partial charge in [0.1, 0.15) is 11.4 Å². The minimum Gasteiger partial charge on any atom is -0.483 e. The second kappa shape index (κ2) is 9.50. The van der Waals surface area contributed by atoms with Crippen LogP contribution in [0.5, 0.6) is 11.5 Å². The number of rotatable bonds is 7. The molecule has 5 rings (SSSR count). The number of hydrogen-bond donors (Lipinski definition) is 0. The van der Waals surface area contributed by atoms with E-state index in [1.807, 2.05) is 47.6 Å². The van der Waals surface area contributed by atoms with Gasteiger partial charge in [-0.15, -0.1) is 0 Å². The summed E-state index contributed by atoms with van der Waals surface area (Å²) in [5, 5.41) is 0. The van der Waals surface area contributed by atoms with Crippen molar-refractivity contribution in [1.82, 2.24) is 19.4 Å². The zero-order valence-electron chi connectivity index (χ0n) is 19.9. The van der Waals surface area contributed by atoms with Crippen molar-refractivity contribution in [2.45, 2.75) is 32.4 Å². The molecule has 7 nitrogen and oxygen atoms in total. The summed E-state index contributed by atoms with van der Waals surface area (Å²) in [6, 6.07) is 16.2. The molecular weight excluding hydrogens is 428 g/mol. The van der Waals surface area contributed by atoms with Gasteiger partial charge in [0, 0.05) is 69.2 Å². The van der Waals surface area contributed by atoms with Crippen molar-refractivity contribution >= 4 is 5.91 Å². The van der Waals surface area contributed by atoms with E-state index in [4.69, 9.17) is 9.47 Å². The van der Waals surface area contributed by atoms with Crippen LogP contribution in [0.1, 0.15) is 19.4 Å². The molecule has 1 aromatic heterocycles. The van der Waals surface area contributed by atoms with Gasteiger partial charge in [-0.05, 0) is 19.9 Å². The minimum absolute atomic E-state index is 0.0236. The Morgan fingerprint density at radius 3 is 2.62 bits per heavy atom.